The first-order chi connectivity index (χ1) is 8.15. The molecule has 0 aromatic carbocycles. The second-order valence-electron chi connectivity index (χ2n) is 6.15. The van der Waals surface area contributed by atoms with Crippen LogP contribution in [0.25, 0.3) is 0 Å². The predicted octanol–water partition coefficient (Wildman–Crippen LogP) is 4.23. The molecule has 17 heavy (non-hydrogen) atoms. The lowest BCUT2D eigenvalue weighted by Gasteiger charge is -2.38. The molecule has 0 bridgehead atoms. The topological polar surface area (TPSA) is 3.24 Å². The Morgan fingerprint density at radius 3 is 2.12 bits per heavy atom. The molecule has 102 valence electrons. The Kier molecular flexibility index (Phi) is 6.94. The molecule has 0 atom stereocenters. The van der Waals surface area contributed by atoms with Crippen LogP contribution in [-0.4, -0.2) is 30.8 Å². The average molecular weight is 257 g/mol. The van der Waals surface area contributed by atoms with Crippen LogP contribution in [-0.2, 0) is 0 Å². The van der Waals surface area contributed by atoms with Crippen molar-refractivity contribution in [1.82, 2.24) is 4.90 Å². The molecule has 0 radical (unpaired) electrons. The summed E-state index contributed by atoms with van der Waals surface area (Å²) < 4.78 is 0. The third kappa shape index (κ3) is 4.82. The van der Waals surface area contributed by atoms with Crippen LogP contribution in [0.15, 0.2) is 0 Å². The molecule has 1 rings (SSSR count). The second-order valence-corrected chi connectivity index (χ2v) is 6.47. The van der Waals surface area contributed by atoms with E-state index in [0.29, 0.717) is 5.41 Å². The molecule has 0 unspecified atom stereocenters. The van der Waals surface area contributed by atoms with E-state index in [1.165, 1.54) is 58.0 Å². The summed E-state index contributed by atoms with van der Waals surface area (Å²) in [5.74, 6) is 2.03. The highest BCUT2D eigenvalue weighted by molar-refractivity contribution is 7.80. The fourth-order valence-corrected chi connectivity index (χ4v) is 3.72. The molecule has 0 aromatic rings. The maximum atomic E-state index is 4.64. The molecule has 0 heterocycles. The van der Waals surface area contributed by atoms with Crippen molar-refractivity contribution in [3.63, 3.8) is 0 Å². The van der Waals surface area contributed by atoms with E-state index >= 15 is 0 Å². The minimum atomic E-state index is 0.463. The van der Waals surface area contributed by atoms with Gasteiger partial charge in [-0.1, -0.05) is 33.1 Å². The van der Waals surface area contributed by atoms with E-state index in [2.05, 4.69) is 38.4 Å². The van der Waals surface area contributed by atoms with E-state index in [1.54, 1.807) is 0 Å². The van der Waals surface area contributed by atoms with Crippen molar-refractivity contribution in [2.24, 2.45) is 11.3 Å². The molecule has 1 nitrogen and oxygen atoms in total. The maximum Gasteiger partial charge on any atom is 0.00429 e. The first kappa shape index (κ1) is 15.4. The Labute approximate surface area is 114 Å². The van der Waals surface area contributed by atoms with Gasteiger partial charge in [0.2, 0.25) is 0 Å². The van der Waals surface area contributed by atoms with Crippen LogP contribution in [0.1, 0.15) is 58.8 Å². The Bertz CT molecular complexity index is 195. The smallest absolute Gasteiger partial charge is 0.00429 e. The fraction of sp³-hybridized carbons (Fsp3) is 1.00. The first-order valence-corrected chi connectivity index (χ1v) is 8.08. The first-order valence-electron chi connectivity index (χ1n) is 7.45. The van der Waals surface area contributed by atoms with Gasteiger partial charge in [-0.3, -0.25) is 0 Å². The van der Waals surface area contributed by atoms with Crippen molar-refractivity contribution in [2.75, 3.05) is 25.9 Å². The lowest BCUT2D eigenvalue weighted by atomic mass is 9.79. The summed E-state index contributed by atoms with van der Waals surface area (Å²) in [6.07, 6.45) is 9.62. The van der Waals surface area contributed by atoms with Crippen molar-refractivity contribution in [2.45, 2.75) is 58.8 Å². The van der Waals surface area contributed by atoms with E-state index in [4.69, 9.17) is 0 Å². The highest BCUT2D eigenvalue weighted by Gasteiger charge is 2.29. The number of rotatable bonds is 9. The lowest BCUT2D eigenvalue weighted by molar-refractivity contribution is 0.132. The number of thiol groups is 1. The molecule has 1 aliphatic rings. The zero-order valence-corrected chi connectivity index (χ0v) is 12.9. The Morgan fingerprint density at radius 2 is 1.76 bits per heavy atom. The molecule has 0 aliphatic heterocycles. The van der Waals surface area contributed by atoms with Crippen molar-refractivity contribution in [3.8, 4) is 0 Å². The van der Waals surface area contributed by atoms with Crippen LogP contribution in [0.5, 0.6) is 0 Å². The summed E-state index contributed by atoms with van der Waals surface area (Å²) in [5.41, 5.74) is 0.463. The summed E-state index contributed by atoms with van der Waals surface area (Å²) in [6.45, 7) is 7.16. The minimum absolute atomic E-state index is 0.463. The molecule has 2 heteroatoms. The van der Waals surface area contributed by atoms with Crippen LogP contribution in [0, 0.1) is 11.3 Å². The standard InChI is InChI=1S/C15H31NS/c1-4-9-15(13-17,10-5-2)12-16(3)11-14-7-6-8-14/h14,17H,4-13H2,1-3H3. The van der Waals surface area contributed by atoms with E-state index < -0.39 is 0 Å². The van der Waals surface area contributed by atoms with Gasteiger partial charge in [-0.2, -0.15) is 12.6 Å². The van der Waals surface area contributed by atoms with Gasteiger partial charge in [0.05, 0.1) is 0 Å². The van der Waals surface area contributed by atoms with Crippen molar-refractivity contribution in [1.29, 1.82) is 0 Å². The summed E-state index contributed by atoms with van der Waals surface area (Å²) >= 11 is 4.64. The zero-order chi connectivity index (χ0) is 12.7. The number of hydrogen-bond donors (Lipinski definition) is 1. The molecule has 1 aliphatic carbocycles. The van der Waals surface area contributed by atoms with Crippen molar-refractivity contribution >= 4 is 12.6 Å². The fourth-order valence-electron chi connectivity index (χ4n) is 3.31. The summed E-state index contributed by atoms with van der Waals surface area (Å²) in [6, 6.07) is 0. The predicted molar refractivity (Wildman–Crippen MR) is 80.9 cm³/mol. The summed E-state index contributed by atoms with van der Waals surface area (Å²) in [5, 5.41) is 0. The van der Waals surface area contributed by atoms with Gasteiger partial charge in [0.25, 0.3) is 0 Å². The Balaban J connectivity index is 2.44. The molecule has 0 aromatic heterocycles. The van der Waals surface area contributed by atoms with E-state index in [0.717, 1.165) is 11.7 Å². The van der Waals surface area contributed by atoms with Gasteiger partial charge < -0.3 is 4.90 Å². The lowest BCUT2D eigenvalue weighted by Crippen LogP contribution is -2.40. The molecule has 1 fully saturated rings. The van der Waals surface area contributed by atoms with Gasteiger partial charge >= 0.3 is 0 Å². The number of nitrogens with zero attached hydrogens (tertiary/aromatic N) is 1. The molecule has 0 N–H and O–H groups in total. The third-order valence-corrected chi connectivity index (χ3v) is 4.97. The SMILES string of the molecule is CCCC(CS)(CCC)CN(C)CC1CCC1. The maximum absolute atomic E-state index is 4.64. The van der Waals surface area contributed by atoms with E-state index in [9.17, 15) is 0 Å². The Morgan fingerprint density at radius 1 is 1.18 bits per heavy atom. The number of hydrogen-bond acceptors (Lipinski definition) is 2. The Hall–Kier alpha value is 0.310. The molecular weight excluding hydrogens is 226 g/mol. The van der Waals surface area contributed by atoms with Crippen LogP contribution in [0.3, 0.4) is 0 Å². The normalized spacial score (nSPS) is 17.5. The molecule has 1 saturated carbocycles. The third-order valence-electron chi connectivity index (χ3n) is 4.30. The van der Waals surface area contributed by atoms with Gasteiger partial charge in [-0.15, -0.1) is 0 Å². The van der Waals surface area contributed by atoms with Gasteiger partial charge in [0.15, 0.2) is 0 Å². The van der Waals surface area contributed by atoms with Crippen LogP contribution < -0.4 is 0 Å². The molecule has 0 saturated heterocycles. The highest BCUT2D eigenvalue weighted by Crippen LogP contribution is 2.33. The van der Waals surface area contributed by atoms with Crippen molar-refractivity contribution < 1.29 is 0 Å². The van der Waals surface area contributed by atoms with Gasteiger partial charge in [-0.05, 0) is 49.8 Å². The quantitative estimate of drug-likeness (QED) is 0.605. The minimum Gasteiger partial charge on any atom is -0.306 e. The van der Waals surface area contributed by atoms with Gasteiger partial charge in [0, 0.05) is 13.1 Å². The van der Waals surface area contributed by atoms with Gasteiger partial charge in [-0.25, -0.2) is 0 Å². The average Bonchev–Trinajstić information content (AvgIpc) is 2.24. The van der Waals surface area contributed by atoms with Crippen LogP contribution in [0.4, 0.5) is 0 Å². The van der Waals surface area contributed by atoms with E-state index in [1.807, 2.05) is 0 Å². The monoisotopic (exact) mass is 257 g/mol. The second kappa shape index (κ2) is 7.68. The zero-order valence-electron chi connectivity index (χ0n) is 12.0. The highest BCUT2D eigenvalue weighted by atomic mass is 32.1. The summed E-state index contributed by atoms with van der Waals surface area (Å²) in [7, 11) is 2.31. The molecule has 0 spiro atoms. The van der Waals surface area contributed by atoms with E-state index in [-0.39, 0.29) is 0 Å². The van der Waals surface area contributed by atoms with Gasteiger partial charge in [0.1, 0.15) is 0 Å². The van der Waals surface area contributed by atoms with Crippen molar-refractivity contribution in [3.05, 3.63) is 0 Å². The largest absolute Gasteiger partial charge is 0.306 e. The summed E-state index contributed by atoms with van der Waals surface area (Å²) in [4.78, 5) is 2.57. The molecular formula is C15H31NS. The molecule has 0 amide bonds. The van der Waals surface area contributed by atoms with Crippen LogP contribution in [0.2, 0.25) is 0 Å². The van der Waals surface area contributed by atoms with Crippen LogP contribution >= 0.6 is 12.6 Å².